The highest BCUT2D eigenvalue weighted by Crippen LogP contribution is 2.29. The molecule has 0 saturated carbocycles. The number of nitrogens with one attached hydrogen (secondary N) is 2. The molecule has 0 aromatic carbocycles. The van der Waals surface area contributed by atoms with Crippen LogP contribution in [0.1, 0.15) is 24.5 Å². The molecule has 1 aliphatic rings. The average molecular weight is 229 g/mol. The third-order valence-corrected chi connectivity index (χ3v) is 2.93. The van der Waals surface area contributed by atoms with Gasteiger partial charge in [0.2, 0.25) is 5.91 Å². The van der Waals surface area contributed by atoms with Crippen LogP contribution in [0.3, 0.4) is 0 Å². The maximum atomic E-state index is 11.9. The molecule has 0 aliphatic carbocycles. The van der Waals surface area contributed by atoms with Crippen LogP contribution in [0.5, 0.6) is 0 Å². The maximum absolute atomic E-state index is 11.9. The molecule has 0 spiro atoms. The summed E-state index contributed by atoms with van der Waals surface area (Å²) in [5, 5.41) is 9.77. The fourth-order valence-electron chi connectivity index (χ4n) is 2.07. The Bertz CT molecular complexity index is 603. The van der Waals surface area contributed by atoms with Crippen LogP contribution in [-0.2, 0) is 4.79 Å². The average Bonchev–Trinajstić information content (AvgIpc) is 2.73. The first kappa shape index (κ1) is 9.95. The lowest BCUT2D eigenvalue weighted by Gasteiger charge is -2.21. The first-order chi connectivity index (χ1) is 8.25. The molecular weight excluding hydrogens is 218 g/mol. The van der Waals surface area contributed by atoms with E-state index >= 15 is 0 Å². The van der Waals surface area contributed by atoms with E-state index in [0.717, 1.165) is 17.6 Å². The monoisotopic (exact) mass is 229 g/mol. The number of nitrogens with zero attached hydrogens (tertiary/aromatic N) is 3. The first-order valence-electron chi connectivity index (χ1n) is 5.38. The van der Waals surface area contributed by atoms with Crippen LogP contribution in [0, 0.1) is 0 Å². The van der Waals surface area contributed by atoms with Crippen molar-refractivity contribution in [1.82, 2.24) is 25.5 Å². The second-order valence-electron chi connectivity index (χ2n) is 4.08. The van der Waals surface area contributed by atoms with Gasteiger partial charge in [0.15, 0.2) is 0 Å². The van der Waals surface area contributed by atoms with Crippen LogP contribution in [0.25, 0.3) is 11.0 Å². The van der Waals surface area contributed by atoms with Crippen molar-refractivity contribution < 1.29 is 4.79 Å². The summed E-state index contributed by atoms with van der Waals surface area (Å²) in [6.45, 7) is 3.76. The van der Waals surface area contributed by atoms with Gasteiger partial charge >= 0.3 is 0 Å². The van der Waals surface area contributed by atoms with Crippen LogP contribution in [-0.4, -0.2) is 26.1 Å². The zero-order valence-electron chi connectivity index (χ0n) is 9.10. The molecule has 6 nitrogen and oxygen atoms in total. The summed E-state index contributed by atoms with van der Waals surface area (Å²) >= 11 is 0. The Morgan fingerprint density at radius 2 is 2.35 bits per heavy atom. The quantitative estimate of drug-likeness (QED) is 0.759. The molecule has 1 unspecified atom stereocenters. The molecule has 3 rings (SSSR count). The second kappa shape index (κ2) is 3.65. The van der Waals surface area contributed by atoms with Crippen molar-refractivity contribution in [2.45, 2.75) is 18.8 Å². The summed E-state index contributed by atoms with van der Waals surface area (Å²) in [6, 6.07) is 0. The lowest BCUT2D eigenvalue weighted by atomic mass is 9.93. The van der Waals surface area contributed by atoms with E-state index in [9.17, 15) is 4.79 Å². The topological polar surface area (TPSA) is 83.6 Å². The molecule has 1 saturated heterocycles. The van der Waals surface area contributed by atoms with Crippen molar-refractivity contribution in [3.8, 4) is 0 Å². The zero-order chi connectivity index (χ0) is 11.8. The third kappa shape index (κ3) is 1.57. The molecule has 2 aromatic heterocycles. The Morgan fingerprint density at radius 1 is 1.47 bits per heavy atom. The molecule has 1 aliphatic heterocycles. The van der Waals surface area contributed by atoms with Crippen molar-refractivity contribution in [3.05, 3.63) is 30.5 Å². The van der Waals surface area contributed by atoms with Crippen molar-refractivity contribution in [2.75, 3.05) is 0 Å². The van der Waals surface area contributed by atoms with Crippen LogP contribution >= 0.6 is 0 Å². The smallest absolute Gasteiger partial charge is 0.233 e. The second-order valence-corrected chi connectivity index (χ2v) is 4.08. The molecule has 2 aromatic rings. The minimum atomic E-state index is -0.260. The number of allylic oxidation sites excluding steroid dienone is 1. The minimum absolute atomic E-state index is 0.0618. The van der Waals surface area contributed by atoms with E-state index in [1.807, 2.05) is 0 Å². The predicted molar refractivity (Wildman–Crippen MR) is 60.9 cm³/mol. The Balaban J connectivity index is 2.04. The third-order valence-electron chi connectivity index (χ3n) is 2.93. The Morgan fingerprint density at radius 3 is 3.18 bits per heavy atom. The summed E-state index contributed by atoms with van der Waals surface area (Å²) < 4.78 is 0. The summed E-state index contributed by atoms with van der Waals surface area (Å²) in [6.07, 6.45) is 4.60. The number of hydrogen-bond acceptors (Lipinski definition) is 4. The van der Waals surface area contributed by atoms with Crippen LogP contribution < -0.4 is 5.32 Å². The van der Waals surface area contributed by atoms with Gasteiger partial charge in [0.25, 0.3) is 0 Å². The van der Waals surface area contributed by atoms with Crippen molar-refractivity contribution in [3.63, 3.8) is 0 Å². The lowest BCUT2D eigenvalue weighted by molar-refractivity contribution is -0.122. The molecule has 1 fully saturated rings. The van der Waals surface area contributed by atoms with Gasteiger partial charge in [0, 0.05) is 5.70 Å². The van der Waals surface area contributed by atoms with E-state index < -0.39 is 0 Å². The van der Waals surface area contributed by atoms with Gasteiger partial charge in [-0.2, -0.15) is 5.10 Å². The number of hydrogen-bond donors (Lipinski definition) is 2. The normalized spacial score (nSPS) is 20.6. The van der Waals surface area contributed by atoms with Crippen LogP contribution in [0.4, 0.5) is 0 Å². The van der Waals surface area contributed by atoms with Crippen LogP contribution in [0.15, 0.2) is 24.8 Å². The number of H-pyrrole nitrogens is 1. The highest BCUT2D eigenvalue weighted by atomic mass is 16.2. The number of aromatic nitrogens is 4. The molecule has 6 heteroatoms. The summed E-state index contributed by atoms with van der Waals surface area (Å²) in [4.78, 5) is 19.9. The maximum Gasteiger partial charge on any atom is 0.233 e. The van der Waals surface area contributed by atoms with Gasteiger partial charge in [-0.25, -0.2) is 9.97 Å². The Hall–Kier alpha value is -2.24. The SMILES string of the molecule is C=C1CCC(c2n[nH]c3cncnc23)C(=O)N1. The fourth-order valence-corrected chi connectivity index (χ4v) is 2.07. The van der Waals surface area contributed by atoms with Crippen molar-refractivity contribution in [2.24, 2.45) is 0 Å². The summed E-state index contributed by atoms with van der Waals surface area (Å²) in [7, 11) is 0. The van der Waals surface area contributed by atoms with E-state index in [1.54, 1.807) is 6.20 Å². The van der Waals surface area contributed by atoms with Crippen molar-refractivity contribution in [1.29, 1.82) is 0 Å². The molecule has 2 N–H and O–H groups in total. The number of piperidine rings is 1. The predicted octanol–water partition coefficient (Wildman–Crippen LogP) is 0.860. The number of carbonyl (C=O) groups excluding carboxylic acids is 1. The lowest BCUT2D eigenvalue weighted by Crippen LogP contribution is -2.33. The van der Waals surface area contributed by atoms with Gasteiger partial charge in [0.05, 0.1) is 12.1 Å². The first-order valence-corrected chi connectivity index (χ1v) is 5.38. The fraction of sp³-hybridized carbons (Fsp3) is 0.273. The van der Waals surface area contributed by atoms with Gasteiger partial charge in [-0.15, -0.1) is 0 Å². The standard InChI is InChI=1S/C11H11N5O/c1-6-2-3-7(11(17)14-6)9-10-8(15-16-9)4-12-5-13-10/h4-5,7H,1-3H2,(H,14,17)(H,15,16). The Kier molecular flexibility index (Phi) is 2.14. The summed E-state index contributed by atoms with van der Waals surface area (Å²) in [5.74, 6) is -0.322. The van der Waals surface area contributed by atoms with Gasteiger partial charge < -0.3 is 5.32 Å². The Labute approximate surface area is 97.2 Å². The van der Waals surface area contributed by atoms with E-state index in [1.165, 1.54) is 6.33 Å². The molecule has 3 heterocycles. The van der Waals surface area contributed by atoms with E-state index in [4.69, 9.17) is 0 Å². The van der Waals surface area contributed by atoms with E-state index in [0.29, 0.717) is 17.6 Å². The highest BCUT2D eigenvalue weighted by molar-refractivity contribution is 5.90. The molecule has 86 valence electrons. The molecule has 1 amide bonds. The van der Waals surface area contributed by atoms with Gasteiger partial charge in [-0.05, 0) is 12.8 Å². The number of amides is 1. The molecule has 0 bridgehead atoms. The van der Waals surface area contributed by atoms with Crippen LogP contribution in [0.2, 0.25) is 0 Å². The number of carbonyl (C=O) groups is 1. The van der Waals surface area contributed by atoms with Gasteiger partial charge in [0.1, 0.15) is 23.1 Å². The largest absolute Gasteiger partial charge is 0.330 e. The van der Waals surface area contributed by atoms with Gasteiger partial charge in [-0.1, -0.05) is 6.58 Å². The molecular formula is C11H11N5O. The zero-order valence-corrected chi connectivity index (χ0v) is 9.10. The van der Waals surface area contributed by atoms with Crippen molar-refractivity contribution >= 4 is 16.9 Å². The number of rotatable bonds is 1. The number of fused-ring (bicyclic) bond motifs is 1. The summed E-state index contributed by atoms with van der Waals surface area (Å²) in [5.41, 5.74) is 2.92. The molecule has 17 heavy (non-hydrogen) atoms. The van der Waals surface area contributed by atoms with E-state index in [2.05, 4.69) is 32.1 Å². The van der Waals surface area contributed by atoms with E-state index in [-0.39, 0.29) is 11.8 Å². The number of aromatic amines is 1. The highest BCUT2D eigenvalue weighted by Gasteiger charge is 2.29. The molecule has 0 radical (unpaired) electrons. The van der Waals surface area contributed by atoms with Gasteiger partial charge in [-0.3, -0.25) is 9.89 Å². The molecule has 1 atom stereocenters. The minimum Gasteiger partial charge on any atom is -0.330 e.